The van der Waals surface area contributed by atoms with Gasteiger partial charge in [-0.05, 0) is 57.7 Å². The van der Waals surface area contributed by atoms with E-state index in [1.807, 2.05) is 0 Å². The number of amides is 4. The van der Waals surface area contributed by atoms with Crippen LogP contribution >= 0.6 is 11.8 Å². The first-order chi connectivity index (χ1) is 22.3. The van der Waals surface area contributed by atoms with Crippen molar-refractivity contribution in [1.29, 1.82) is 0 Å². The molecule has 1 rings (SSSR count). The Labute approximate surface area is 281 Å². The van der Waals surface area contributed by atoms with Gasteiger partial charge < -0.3 is 53.8 Å². The number of carbonyl (C=O) groups excluding carboxylic acids is 5. The van der Waals surface area contributed by atoms with Crippen LogP contribution in [0.2, 0.25) is 0 Å². The number of aliphatic imine (C=N–C) groups is 1. The largest absolute Gasteiger partial charge is 0.508 e. The maximum absolute atomic E-state index is 13.0. The van der Waals surface area contributed by atoms with Crippen molar-refractivity contribution in [2.75, 3.05) is 18.8 Å². The van der Waals surface area contributed by atoms with Crippen LogP contribution in [0.4, 0.5) is 0 Å². The number of carbonyl (C=O) groups is 7. The zero-order chi connectivity index (χ0) is 36.6. The molecule has 18 nitrogen and oxygen atoms in total. The summed E-state index contributed by atoms with van der Waals surface area (Å²) in [4.78, 5) is 90.2. The Kier molecular flexibility index (Phi) is 16.9. The van der Waals surface area contributed by atoms with Crippen LogP contribution in [0.25, 0.3) is 0 Å². The Morgan fingerprint density at radius 1 is 0.917 bits per heavy atom. The molecular formula is C29H44N8O10S. The summed E-state index contributed by atoms with van der Waals surface area (Å²) < 4.78 is -1.20. The monoisotopic (exact) mass is 696 g/mol. The van der Waals surface area contributed by atoms with E-state index in [2.05, 4.69) is 26.3 Å². The smallest absolute Gasteiger partial charge is 0.327 e. The number of benzene rings is 1. The molecule has 4 amide bonds. The van der Waals surface area contributed by atoms with Crippen LogP contribution in [0.3, 0.4) is 0 Å². The summed E-state index contributed by atoms with van der Waals surface area (Å²) in [5.41, 5.74) is 17.3. The third-order valence-electron chi connectivity index (χ3n) is 6.64. The third kappa shape index (κ3) is 15.6. The fraction of sp³-hybridized carbons (Fsp3) is 0.517. The summed E-state index contributed by atoms with van der Waals surface area (Å²) >= 11 is 0.971. The van der Waals surface area contributed by atoms with Gasteiger partial charge in [0.2, 0.25) is 23.6 Å². The van der Waals surface area contributed by atoms with E-state index >= 15 is 0 Å². The van der Waals surface area contributed by atoms with Gasteiger partial charge in [0.25, 0.3) is 0 Å². The van der Waals surface area contributed by atoms with E-state index < -0.39 is 77.4 Å². The quantitative estimate of drug-likeness (QED) is 0.0362. The number of carboxylic acids is 2. The molecule has 48 heavy (non-hydrogen) atoms. The number of aromatic hydroxyl groups is 1. The molecule has 0 aliphatic rings. The average Bonchev–Trinajstić information content (AvgIpc) is 2.99. The predicted molar refractivity (Wildman–Crippen MR) is 176 cm³/mol. The van der Waals surface area contributed by atoms with Crippen molar-refractivity contribution in [2.24, 2.45) is 22.2 Å². The molecule has 1 aromatic rings. The second-order valence-electron chi connectivity index (χ2n) is 11.3. The van der Waals surface area contributed by atoms with Crippen LogP contribution in [0, 0.1) is 0 Å². The van der Waals surface area contributed by atoms with E-state index in [9.17, 15) is 48.9 Å². The van der Waals surface area contributed by atoms with Crippen LogP contribution in [0.15, 0.2) is 29.3 Å². The van der Waals surface area contributed by atoms with Crippen LogP contribution in [0.1, 0.15) is 45.6 Å². The van der Waals surface area contributed by atoms with Gasteiger partial charge in [0.1, 0.15) is 29.7 Å². The zero-order valence-electron chi connectivity index (χ0n) is 26.9. The number of guanidine groups is 1. The number of hydrogen-bond donors (Lipinski definition) is 10. The van der Waals surface area contributed by atoms with Gasteiger partial charge in [-0.1, -0.05) is 12.1 Å². The zero-order valence-corrected chi connectivity index (χ0v) is 27.7. The van der Waals surface area contributed by atoms with Crippen LogP contribution in [-0.4, -0.2) is 110 Å². The predicted octanol–water partition coefficient (Wildman–Crippen LogP) is -2.45. The number of hydrogen-bond acceptors (Lipinski definition) is 11. The summed E-state index contributed by atoms with van der Waals surface area (Å²) in [6.07, 6.45) is -0.567. The van der Waals surface area contributed by atoms with Crippen LogP contribution in [0.5, 0.6) is 5.75 Å². The number of phenolic OH excluding ortho intramolecular Hbond substituents is 1. The number of rotatable bonds is 21. The van der Waals surface area contributed by atoms with Gasteiger partial charge in [-0.2, -0.15) is 0 Å². The number of nitrogens with one attached hydrogen (secondary N) is 4. The maximum Gasteiger partial charge on any atom is 0.327 e. The molecule has 266 valence electrons. The highest BCUT2D eigenvalue weighted by atomic mass is 32.2. The van der Waals surface area contributed by atoms with Crippen molar-refractivity contribution in [2.45, 2.75) is 75.4 Å². The number of aliphatic carboxylic acids is 2. The molecule has 19 heteroatoms. The minimum Gasteiger partial charge on any atom is -0.508 e. The lowest BCUT2D eigenvalue weighted by Gasteiger charge is -2.32. The molecule has 0 saturated heterocycles. The van der Waals surface area contributed by atoms with E-state index in [4.69, 9.17) is 17.2 Å². The van der Waals surface area contributed by atoms with E-state index in [1.165, 1.54) is 32.9 Å². The second kappa shape index (κ2) is 19.7. The van der Waals surface area contributed by atoms with Crippen molar-refractivity contribution >= 4 is 59.1 Å². The topological polar surface area (TPSA) is 319 Å². The molecule has 1 aromatic carbocycles. The number of ketones is 1. The average molecular weight is 697 g/mol. The van der Waals surface area contributed by atoms with Gasteiger partial charge in [0.05, 0.1) is 24.8 Å². The van der Waals surface area contributed by atoms with E-state index in [0.29, 0.717) is 5.56 Å². The first-order valence-electron chi connectivity index (χ1n) is 14.7. The summed E-state index contributed by atoms with van der Waals surface area (Å²) in [6.45, 7) is 3.64. The van der Waals surface area contributed by atoms with Crippen molar-refractivity contribution < 1.29 is 48.9 Å². The Balaban J connectivity index is 2.96. The highest BCUT2D eigenvalue weighted by Crippen LogP contribution is 2.28. The Bertz CT molecular complexity index is 1350. The Hall–Kier alpha value is -4.91. The number of thioether (sulfide) groups is 1. The lowest BCUT2D eigenvalue weighted by molar-refractivity contribution is -0.144. The molecule has 4 atom stereocenters. The number of nitrogens with two attached hydrogens (primary N) is 3. The number of nitrogens with zero attached hydrogens (tertiary/aromatic N) is 1. The lowest BCUT2D eigenvalue weighted by Crippen LogP contribution is -2.58. The Morgan fingerprint density at radius 3 is 2.08 bits per heavy atom. The summed E-state index contributed by atoms with van der Waals surface area (Å²) in [5, 5.41) is 37.7. The number of carboxylic acid groups (broad SMARTS) is 2. The molecule has 2 unspecified atom stereocenters. The second-order valence-corrected chi connectivity index (χ2v) is 12.9. The normalized spacial score (nSPS) is 13.5. The molecule has 0 spiro atoms. The number of Topliss-reactive ketones (excluding diaryl/α,β-unsaturated/α-hetero) is 1. The fourth-order valence-electron chi connectivity index (χ4n) is 4.10. The lowest BCUT2D eigenvalue weighted by atomic mass is 10.0. The van der Waals surface area contributed by atoms with Gasteiger partial charge in [-0.15, -0.1) is 11.8 Å². The molecule has 0 heterocycles. The van der Waals surface area contributed by atoms with E-state index in [-0.39, 0.29) is 49.1 Å². The van der Waals surface area contributed by atoms with Gasteiger partial charge in [0.15, 0.2) is 5.96 Å². The summed E-state index contributed by atoms with van der Waals surface area (Å²) in [7, 11) is 0. The molecule has 0 fully saturated rings. The molecule has 0 aliphatic carbocycles. The molecule has 0 aromatic heterocycles. The Morgan fingerprint density at radius 2 is 1.54 bits per heavy atom. The highest BCUT2D eigenvalue weighted by Gasteiger charge is 2.39. The van der Waals surface area contributed by atoms with E-state index in [1.54, 1.807) is 12.1 Å². The molecule has 0 aliphatic heterocycles. The van der Waals surface area contributed by atoms with Crippen molar-refractivity contribution in [3.63, 3.8) is 0 Å². The molecular weight excluding hydrogens is 652 g/mol. The van der Waals surface area contributed by atoms with Crippen LogP contribution < -0.4 is 38.5 Å². The maximum atomic E-state index is 13.0. The molecule has 0 bridgehead atoms. The van der Waals surface area contributed by atoms with Crippen molar-refractivity contribution in [1.82, 2.24) is 21.3 Å². The standard InChI is InChI=1S/C29H44N8O10S/c1-15(38)14-48-29(2,3)23(27(46)47)37-26(45)20(12-22(41)42)35-21(40)13-34-25(44)19(5-4-10-33-28(31)32)36-24(43)18(30)11-16-6-8-17(39)9-7-16/h6-9,18-20,23,39H,4-5,10-14,30H2,1-3H3,(H,34,44)(H,35,40)(H,36,43)(H,37,45)(H,41,42)(H,46,47)(H4,31,32,33)/t18-,19?,20?,23-/m1/s1. The van der Waals surface area contributed by atoms with E-state index in [0.717, 1.165) is 11.8 Å². The van der Waals surface area contributed by atoms with Gasteiger partial charge in [0, 0.05) is 11.3 Å². The molecule has 0 saturated carbocycles. The van der Waals surface area contributed by atoms with Crippen molar-refractivity contribution in [3.05, 3.63) is 29.8 Å². The third-order valence-corrected chi connectivity index (χ3v) is 8.17. The minimum absolute atomic E-state index is 0.0277. The summed E-state index contributed by atoms with van der Waals surface area (Å²) in [5.74, 6) is -6.96. The summed E-state index contributed by atoms with van der Waals surface area (Å²) in [6, 6.07) is 0.439. The minimum atomic E-state index is -1.73. The SMILES string of the molecule is CC(=O)CSC(C)(C)[C@H](NC(=O)C(CC(=O)O)NC(=O)CNC(=O)C(CCCN=C(N)N)NC(=O)[C@H](N)Cc1ccc(O)cc1)C(=O)O. The van der Waals surface area contributed by atoms with Gasteiger partial charge >= 0.3 is 11.9 Å². The molecule has 0 radical (unpaired) electrons. The highest BCUT2D eigenvalue weighted by molar-refractivity contribution is 8.01. The molecule has 13 N–H and O–H groups in total. The first-order valence-corrected chi connectivity index (χ1v) is 15.7. The van der Waals surface area contributed by atoms with Gasteiger partial charge in [-0.25, -0.2) is 4.79 Å². The number of phenols is 1. The van der Waals surface area contributed by atoms with Gasteiger partial charge in [-0.3, -0.25) is 33.8 Å². The first kappa shape index (κ1) is 41.1. The van der Waals surface area contributed by atoms with Crippen LogP contribution in [-0.2, 0) is 40.0 Å². The van der Waals surface area contributed by atoms with Crippen molar-refractivity contribution in [3.8, 4) is 5.75 Å². The fourth-order valence-corrected chi connectivity index (χ4v) is 5.00.